The number of likely N-dealkylation sites (tertiary alicyclic amines) is 1. The Morgan fingerprint density at radius 1 is 1.27 bits per heavy atom. The smallest absolute Gasteiger partial charge is 0.223 e. The zero-order valence-corrected chi connectivity index (χ0v) is 18.6. The predicted molar refractivity (Wildman–Crippen MR) is 121 cm³/mol. The number of amides is 1. The lowest BCUT2D eigenvalue weighted by molar-refractivity contribution is -0.123. The van der Waals surface area contributed by atoms with Crippen LogP contribution < -0.4 is 5.32 Å². The molecule has 1 aliphatic heterocycles. The number of hydrogen-bond donors (Lipinski definition) is 2. The molecule has 1 saturated heterocycles. The molecule has 158 valence electrons. The highest BCUT2D eigenvalue weighted by molar-refractivity contribution is 7.09. The number of carbonyl (C=O) groups is 1. The Kier molecular flexibility index (Phi) is 6.02. The van der Waals surface area contributed by atoms with Crippen molar-refractivity contribution in [3.8, 4) is 11.8 Å². The second-order valence-electron chi connectivity index (χ2n) is 9.20. The number of hydrogen-bond acceptors (Lipinski definition) is 4. The van der Waals surface area contributed by atoms with Crippen LogP contribution in [-0.4, -0.2) is 34.6 Å². The zero-order chi connectivity index (χ0) is 21.2. The molecule has 2 aromatic rings. The standard InChI is InChI=1S/C25H30N2O2S/c1-24(2,29)10-9-19-5-7-20(8-6-19)18-27-13-11-25(12-14-27)16-22(25)23(28)26-17-21-4-3-15-30-21/h3-8,15,22,29H,11-14,16-18H2,1-2H3,(H,26,28). The topological polar surface area (TPSA) is 52.6 Å². The SMILES string of the molecule is CC(C)(O)C#Cc1ccc(CN2CCC3(CC2)CC3C(=O)NCc2cccs2)cc1. The van der Waals surface area contributed by atoms with Gasteiger partial charge in [-0.3, -0.25) is 9.69 Å². The highest BCUT2D eigenvalue weighted by Crippen LogP contribution is 2.59. The lowest BCUT2D eigenvalue weighted by atomic mass is 9.90. The van der Waals surface area contributed by atoms with Crippen molar-refractivity contribution in [2.45, 2.75) is 51.8 Å². The van der Waals surface area contributed by atoms with E-state index in [1.165, 1.54) is 10.4 Å². The van der Waals surface area contributed by atoms with E-state index in [1.54, 1.807) is 25.2 Å². The van der Waals surface area contributed by atoms with E-state index in [-0.39, 0.29) is 17.2 Å². The molecular weight excluding hydrogens is 392 g/mol. The molecule has 1 aromatic carbocycles. The Balaban J connectivity index is 1.23. The number of piperidine rings is 1. The van der Waals surface area contributed by atoms with Gasteiger partial charge in [-0.1, -0.05) is 30.0 Å². The zero-order valence-electron chi connectivity index (χ0n) is 17.8. The molecule has 2 aliphatic rings. The average Bonchev–Trinajstić information content (AvgIpc) is 3.16. The van der Waals surface area contributed by atoms with Gasteiger partial charge >= 0.3 is 0 Å². The third kappa shape index (κ3) is 5.31. The third-order valence-electron chi connectivity index (χ3n) is 6.25. The molecule has 2 N–H and O–H groups in total. The lowest BCUT2D eigenvalue weighted by Gasteiger charge is -2.32. The highest BCUT2D eigenvalue weighted by Gasteiger charge is 2.58. The van der Waals surface area contributed by atoms with Crippen LogP contribution in [0, 0.1) is 23.2 Å². The Labute approximate surface area is 183 Å². The molecule has 30 heavy (non-hydrogen) atoms. The molecule has 4 rings (SSSR count). The summed E-state index contributed by atoms with van der Waals surface area (Å²) in [6.07, 6.45) is 3.27. The molecular formula is C25H30N2O2S. The monoisotopic (exact) mass is 422 g/mol. The van der Waals surface area contributed by atoms with Crippen LogP contribution in [0.4, 0.5) is 0 Å². The second-order valence-corrected chi connectivity index (χ2v) is 10.2. The molecule has 1 aliphatic carbocycles. The fraction of sp³-hybridized carbons (Fsp3) is 0.480. The van der Waals surface area contributed by atoms with E-state index < -0.39 is 5.60 Å². The van der Waals surface area contributed by atoms with Crippen molar-refractivity contribution in [3.05, 3.63) is 57.8 Å². The quantitative estimate of drug-likeness (QED) is 0.721. The molecule has 1 amide bonds. The third-order valence-corrected chi connectivity index (χ3v) is 7.12. The lowest BCUT2D eigenvalue weighted by Crippen LogP contribution is -2.36. The van der Waals surface area contributed by atoms with Crippen molar-refractivity contribution in [1.29, 1.82) is 0 Å². The van der Waals surface area contributed by atoms with Gasteiger partial charge in [0.25, 0.3) is 0 Å². The van der Waals surface area contributed by atoms with Crippen LogP contribution in [0.15, 0.2) is 41.8 Å². The summed E-state index contributed by atoms with van der Waals surface area (Å²) in [5.74, 6) is 6.30. The maximum absolute atomic E-state index is 12.5. The molecule has 2 heterocycles. The van der Waals surface area contributed by atoms with Gasteiger partial charge in [-0.15, -0.1) is 11.3 Å². The predicted octanol–water partition coefficient (Wildman–Crippen LogP) is 3.79. The minimum absolute atomic E-state index is 0.202. The average molecular weight is 423 g/mol. The summed E-state index contributed by atoms with van der Waals surface area (Å²) in [4.78, 5) is 16.2. The summed E-state index contributed by atoms with van der Waals surface area (Å²) < 4.78 is 0. The van der Waals surface area contributed by atoms with Crippen molar-refractivity contribution in [1.82, 2.24) is 10.2 Å². The first-order valence-electron chi connectivity index (χ1n) is 10.7. The van der Waals surface area contributed by atoms with Gasteiger partial charge in [-0.25, -0.2) is 0 Å². The molecule has 4 nitrogen and oxygen atoms in total. The molecule has 1 aromatic heterocycles. The summed E-state index contributed by atoms with van der Waals surface area (Å²) >= 11 is 1.69. The fourth-order valence-corrected chi connectivity index (χ4v) is 4.96. The van der Waals surface area contributed by atoms with Crippen molar-refractivity contribution < 1.29 is 9.90 Å². The molecule has 1 spiro atoms. The van der Waals surface area contributed by atoms with E-state index in [0.29, 0.717) is 6.54 Å². The number of benzene rings is 1. The number of carbonyl (C=O) groups excluding carboxylic acids is 1. The largest absolute Gasteiger partial charge is 0.378 e. The molecule has 0 bridgehead atoms. The number of aliphatic hydroxyl groups is 1. The summed E-state index contributed by atoms with van der Waals surface area (Å²) in [5.41, 5.74) is 1.48. The van der Waals surface area contributed by atoms with Crippen LogP contribution >= 0.6 is 11.3 Å². The number of nitrogens with zero attached hydrogens (tertiary/aromatic N) is 1. The van der Waals surface area contributed by atoms with Gasteiger partial charge in [0.2, 0.25) is 5.91 Å². The Morgan fingerprint density at radius 2 is 2.00 bits per heavy atom. The normalized spacial score (nSPS) is 20.4. The molecule has 1 unspecified atom stereocenters. The van der Waals surface area contributed by atoms with Crippen LogP contribution in [-0.2, 0) is 17.9 Å². The molecule has 1 atom stereocenters. The number of nitrogens with one attached hydrogen (secondary N) is 1. The maximum atomic E-state index is 12.5. The molecule has 2 fully saturated rings. The van der Waals surface area contributed by atoms with E-state index >= 15 is 0 Å². The van der Waals surface area contributed by atoms with Gasteiger partial charge in [-0.05, 0) is 80.8 Å². The van der Waals surface area contributed by atoms with Gasteiger partial charge in [0.05, 0.1) is 6.54 Å². The van der Waals surface area contributed by atoms with Crippen molar-refractivity contribution in [2.24, 2.45) is 11.3 Å². The van der Waals surface area contributed by atoms with E-state index in [0.717, 1.165) is 44.5 Å². The van der Waals surface area contributed by atoms with Crippen LogP contribution in [0.3, 0.4) is 0 Å². The number of rotatable bonds is 5. The van der Waals surface area contributed by atoms with E-state index in [2.05, 4.69) is 40.3 Å². The van der Waals surface area contributed by atoms with E-state index in [4.69, 9.17) is 0 Å². The fourth-order valence-electron chi connectivity index (χ4n) is 4.31. The minimum atomic E-state index is -0.968. The van der Waals surface area contributed by atoms with Gasteiger partial charge in [0.15, 0.2) is 0 Å². The van der Waals surface area contributed by atoms with Crippen LogP contribution in [0.25, 0.3) is 0 Å². The van der Waals surface area contributed by atoms with Crippen molar-refractivity contribution in [3.63, 3.8) is 0 Å². The van der Waals surface area contributed by atoms with Crippen LogP contribution in [0.5, 0.6) is 0 Å². The first kappa shape index (κ1) is 21.1. The van der Waals surface area contributed by atoms with Crippen LogP contribution in [0.2, 0.25) is 0 Å². The van der Waals surface area contributed by atoms with Gasteiger partial charge in [0.1, 0.15) is 5.60 Å². The second kappa shape index (κ2) is 8.55. The van der Waals surface area contributed by atoms with Gasteiger partial charge in [0, 0.05) is 22.9 Å². The van der Waals surface area contributed by atoms with Gasteiger partial charge in [-0.2, -0.15) is 0 Å². The highest BCUT2D eigenvalue weighted by atomic mass is 32.1. The number of thiophene rings is 1. The summed E-state index contributed by atoms with van der Waals surface area (Å²) in [5, 5.41) is 14.9. The van der Waals surface area contributed by atoms with Crippen molar-refractivity contribution in [2.75, 3.05) is 13.1 Å². The maximum Gasteiger partial charge on any atom is 0.223 e. The minimum Gasteiger partial charge on any atom is -0.378 e. The summed E-state index contributed by atoms with van der Waals surface area (Å²) in [7, 11) is 0. The van der Waals surface area contributed by atoms with E-state index in [1.807, 2.05) is 23.6 Å². The molecule has 0 radical (unpaired) electrons. The van der Waals surface area contributed by atoms with Gasteiger partial charge < -0.3 is 10.4 Å². The Morgan fingerprint density at radius 3 is 2.63 bits per heavy atom. The van der Waals surface area contributed by atoms with E-state index in [9.17, 15) is 9.90 Å². The molecule has 5 heteroatoms. The first-order valence-corrected chi connectivity index (χ1v) is 11.6. The summed E-state index contributed by atoms with van der Waals surface area (Å²) in [6, 6.07) is 12.4. The summed E-state index contributed by atoms with van der Waals surface area (Å²) in [6.45, 7) is 7.07. The Bertz CT molecular complexity index is 924. The molecule has 1 saturated carbocycles. The first-order chi connectivity index (χ1) is 14.3. The Hall–Kier alpha value is -2.13. The van der Waals surface area contributed by atoms with Crippen LogP contribution in [0.1, 0.15) is 49.1 Å². The van der Waals surface area contributed by atoms with Crippen molar-refractivity contribution >= 4 is 17.2 Å².